The molecule has 5 nitrogen and oxygen atoms in total. The highest BCUT2D eigenvalue weighted by Gasteiger charge is 2.10. The van der Waals surface area contributed by atoms with Gasteiger partial charge in [0.2, 0.25) is 0 Å². The van der Waals surface area contributed by atoms with Crippen molar-refractivity contribution in [3.8, 4) is 6.07 Å². The molecule has 5 heteroatoms. The van der Waals surface area contributed by atoms with Crippen LogP contribution in [0, 0.1) is 11.3 Å². The third-order valence-electron chi connectivity index (χ3n) is 4.15. The van der Waals surface area contributed by atoms with Gasteiger partial charge in [-0.25, -0.2) is 0 Å². The minimum Gasteiger partial charge on any atom is -0.468 e. The number of rotatable bonds is 8. The number of carbonyl (C=O) groups excluding carboxylic acids is 1. The van der Waals surface area contributed by atoms with Crippen LogP contribution in [0.1, 0.15) is 28.1 Å². The highest BCUT2D eigenvalue weighted by Crippen LogP contribution is 2.14. The first kappa shape index (κ1) is 18.4. The molecule has 0 fully saturated rings. The molecule has 0 unspecified atom stereocenters. The molecule has 0 spiro atoms. The Morgan fingerprint density at radius 1 is 1.00 bits per heavy atom. The van der Waals surface area contributed by atoms with Crippen molar-refractivity contribution in [2.45, 2.75) is 19.5 Å². The van der Waals surface area contributed by atoms with Crippen molar-refractivity contribution in [1.29, 1.82) is 5.26 Å². The maximum Gasteiger partial charge on any atom is 0.255 e. The number of nitrogens with zero attached hydrogens (tertiary/aromatic N) is 2. The average molecular weight is 359 g/mol. The lowest BCUT2D eigenvalue weighted by molar-refractivity contribution is 0.102. The van der Waals surface area contributed by atoms with Crippen LogP contribution < -0.4 is 5.32 Å². The number of para-hydroxylation sites is 1. The maximum absolute atomic E-state index is 12.3. The molecule has 0 aliphatic carbocycles. The number of benzene rings is 2. The lowest BCUT2D eigenvalue weighted by Crippen LogP contribution is -2.23. The summed E-state index contributed by atoms with van der Waals surface area (Å²) in [6.45, 7) is 1.99. The Hall–Kier alpha value is -3.36. The van der Waals surface area contributed by atoms with Crippen molar-refractivity contribution >= 4 is 11.6 Å². The number of nitriles is 1. The SMILES string of the molecule is N#CCCN(Cc1ccc(C(=O)Nc2ccccc2)cc1)Cc1ccco1. The van der Waals surface area contributed by atoms with Crippen molar-refractivity contribution in [2.24, 2.45) is 0 Å². The summed E-state index contributed by atoms with van der Waals surface area (Å²) in [6.07, 6.45) is 2.11. The lowest BCUT2D eigenvalue weighted by atomic mass is 10.1. The molecule has 3 aromatic rings. The molecule has 3 rings (SSSR count). The number of hydrogen-bond acceptors (Lipinski definition) is 4. The number of nitrogens with one attached hydrogen (secondary N) is 1. The third kappa shape index (κ3) is 5.56. The summed E-state index contributed by atoms with van der Waals surface area (Å²) in [5.74, 6) is 0.733. The normalized spacial score (nSPS) is 10.5. The second-order valence-electron chi connectivity index (χ2n) is 6.22. The standard InChI is InChI=1S/C22H21N3O2/c23-13-5-14-25(17-21-8-4-15-27-21)16-18-9-11-19(12-10-18)22(26)24-20-6-2-1-3-7-20/h1-4,6-12,15H,5,14,16-17H2,(H,24,26). The molecule has 2 aromatic carbocycles. The number of anilines is 1. The first-order valence-corrected chi connectivity index (χ1v) is 8.81. The van der Waals surface area contributed by atoms with E-state index in [1.807, 2.05) is 66.7 Å². The number of furan rings is 1. The molecule has 0 radical (unpaired) electrons. The van der Waals surface area contributed by atoms with Gasteiger partial charge in [-0.3, -0.25) is 9.69 Å². The van der Waals surface area contributed by atoms with Crippen molar-refractivity contribution in [3.05, 3.63) is 89.9 Å². The van der Waals surface area contributed by atoms with Crippen LogP contribution in [0.25, 0.3) is 0 Å². The van der Waals surface area contributed by atoms with Crippen molar-refractivity contribution in [1.82, 2.24) is 4.90 Å². The second-order valence-corrected chi connectivity index (χ2v) is 6.22. The molecule has 0 aliphatic rings. The fourth-order valence-electron chi connectivity index (χ4n) is 2.79. The quantitative estimate of drug-likeness (QED) is 0.645. The molecule has 136 valence electrons. The lowest BCUT2D eigenvalue weighted by Gasteiger charge is -2.20. The van der Waals surface area contributed by atoms with E-state index in [4.69, 9.17) is 9.68 Å². The van der Waals surface area contributed by atoms with Crippen molar-refractivity contribution in [3.63, 3.8) is 0 Å². The van der Waals surface area contributed by atoms with Crippen LogP contribution in [-0.2, 0) is 13.1 Å². The van der Waals surface area contributed by atoms with Crippen LogP contribution >= 0.6 is 0 Å². The van der Waals surface area contributed by atoms with Crippen LogP contribution in [-0.4, -0.2) is 17.4 Å². The van der Waals surface area contributed by atoms with Gasteiger partial charge in [0.1, 0.15) is 5.76 Å². The van der Waals surface area contributed by atoms with Crippen LogP contribution in [0.3, 0.4) is 0 Å². The van der Waals surface area contributed by atoms with Crippen LogP contribution in [0.4, 0.5) is 5.69 Å². The third-order valence-corrected chi connectivity index (χ3v) is 4.15. The van der Waals surface area contributed by atoms with Gasteiger partial charge < -0.3 is 9.73 Å². The van der Waals surface area contributed by atoms with E-state index in [1.54, 1.807) is 6.26 Å². The van der Waals surface area contributed by atoms with E-state index in [1.165, 1.54) is 0 Å². The Morgan fingerprint density at radius 3 is 2.44 bits per heavy atom. The van der Waals surface area contributed by atoms with Gasteiger partial charge in [0.25, 0.3) is 5.91 Å². The fraction of sp³-hybridized carbons (Fsp3) is 0.182. The molecule has 1 aromatic heterocycles. The molecule has 1 amide bonds. The summed E-state index contributed by atoms with van der Waals surface area (Å²) in [5, 5.41) is 11.8. The molecule has 1 N–H and O–H groups in total. The average Bonchev–Trinajstić information content (AvgIpc) is 3.20. The Labute approximate surface area is 158 Å². The van der Waals surface area contributed by atoms with Gasteiger partial charge in [-0.05, 0) is 42.0 Å². The van der Waals surface area contributed by atoms with Gasteiger partial charge in [-0.1, -0.05) is 30.3 Å². The summed E-state index contributed by atoms with van der Waals surface area (Å²) in [6, 6.07) is 22.9. The predicted molar refractivity (Wildman–Crippen MR) is 104 cm³/mol. The minimum atomic E-state index is -0.135. The summed E-state index contributed by atoms with van der Waals surface area (Å²) in [7, 11) is 0. The monoisotopic (exact) mass is 359 g/mol. The van der Waals surface area contributed by atoms with Gasteiger partial charge >= 0.3 is 0 Å². The number of hydrogen-bond donors (Lipinski definition) is 1. The molecule has 0 bridgehead atoms. The van der Waals surface area contributed by atoms with Crippen LogP contribution in [0.5, 0.6) is 0 Å². The van der Waals surface area contributed by atoms with E-state index in [0.717, 1.165) is 17.0 Å². The van der Waals surface area contributed by atoms with Gasteiger partial charge in [0.15, 0.2) is 0 Å². The molecular weight excluding hydrogens is 338 g/mol. The second kappa shape index (κ2) is 9.37. The first-order chi connectivity index (χ1) is 13.2. The largest absolute Gasteiger partial charge is 0.468 e. The van der Waals surface area contributed by atoms with E-state index >= 15 is 0 Å². The molecule has 0 saturated carbocycles. The maximum atomic E-state index is 12.3. The topological polar surface area (TPSA) is 69.3 Å². The van der Waals surface area contributed by atoms with E-state index in [2.05, 4.69) is 16.3 Å². The van der Waals surface area contributed by atoms with Crippen LogP contribution in [0.15, 0.2) is 77.4 Å². The Balaban J connectivity index is 1.62. The van der Waals surface area contributed by atoms with Crippen molar-refractivity contribution < 1.29 is 9.21 Å². The van der Waals surface area contributed by atoms with E-state index in [9.17, 15) is 4.79 Å². The summed E-state index contributed by atoms with van der Waals surface area (Å²) < 4.78 is 5.41. The van der Waals surface area contributed by atoms with E-state index in [-0.39, 0.29) is 5.91 Å². The zero-order valence-electron chi connectivity index (χ0n) is 15.0. The molecular formula is C22H21N3O2. The number of carbonyl (C=O) groups is 1. The summed E-state index contributed by atoms with van der Waals surface area (Å²) >= 11 is 0. The van der Waals surface area contributed by atoms with E-state index in [0.29, 0.717) is 31.6 Å². The summed E-state index contributed by atoms with van der Waals surface area (Å²) in [5.41, 5.74) is 2.46. The van der Waals surface area contributed by atoms with Crippen molar-refractivity contribution in [2.75, 3.05) is 11.9 Å². The van der Waals surface area contributed by atoms with Gasteiger partial charge in [-0.2, -0.15) is 5.26 Å². The minimum absolute atomic E-state index is 0.135. The molecule has 0 aliphatic heterocycles. The molecule has 0 saturated heterocycles. The van der Waals surface area contributed by atoms with Gasteiger partial charge in [0, 0.05) is 30.8 Å². The Bertz CT molecular complexity index is 882. The van der Waals surface area contributed by atoms with Crippen LogP contribution in [0.2, 0.25) is 0 Å². The Kier molecular flexibility index (Phi) is 6.40. The highest BCUT2D eigenvalue weighted by atomic mass is 16.3. The first-order valence-electron chi connectivity index (χ1n) is 8.81. The zero-order valence-corrected chi connectivity index (χ0v) is 15.0. The van der Waals surface area contributed by atoms with E-state index < -0.39 is 0 Å². The summed E-state index contributed by atoms with van der Waals surface area (Å²) in [4.78, 5) is 14.5. The number of amides is 1. The predicted octanol–water partition coefficient (Wildman–Crippen LogP) is 4.45. The van der Waals surface area contributed by atoms with Gasteiger partial charge in [0.05, 0.1) is 18.9 Å². The fourth-order valence-corrected chi connectivity index (χ4v) is 2.79. The molecule has 0 atom stereocenters. The molecule has 1 heterocycles. The zero-order chi connectivity index (χ0) is 18.9. The highest BCUT2D eigenvalue weighted by molar-refractivity contribution is 6.04. The van der Waals surface area contributed by atoms with Gasteiger partial charge in [-0.15, -0.1) is 0 Å². The smallest absolute Gasteiger partial charge is 0.255 e. The Morgan fingerprint density at radius 2 is 1.78 bits per heavy atom. The molecule has 27 heavy (non-hydrogen) atoms.